The zero-order valence-electron chi connectivity index (χ0n) is 14.2. The van der Waals surface area contributed by atoms with Crippen LogP contribution in [0.2, 0.25) is 0 Å². The van der Waals surface area contributed by atoms with E-state index in [4.69, 9.17) is 4.74 Å². The molecule has 1 rings (SSSR count). The van der Waals surface area contributed by atoms with Gasteiger partial charge in [-0.25, -0.2) is 0 Å². The van der Waals surface area contributed by atoms with Crippen molar-refractivity contribution in [2.24, 2.45) is 5.92 Å². The predicted octanol–water partition coefficient (Wildman–Crippen LogP) is 4.05. The van der Waals surface area contributed by atoms with Crippen LogP contribution < -0.4 is 10.1 Å². The van der Waals surface area contributed by atoms with Gasteiger partial charge in [0.1, 0.15) is 5.75 Å². The Kier molecular flexibility index (Phi) is 6.73. The highest BCUT2D eigenvalue weighted by molar-refractivity contribution is 5.80. The minimum atomic E-state index is -0.475. The van der Waals surface area contributed by atoms with Gasteiger partial charge >= 0.3 is 0 Å². The van der Waals surface area contributed by atoms with Gasteiger partial charge in [-0.05, 0) is 49.3 Å². The zero-order chi connectivity index (χ0) is 16.0. The SMILES string of the molecule is Cc1ccc(C(C)C)c(O[C@H](C)C(=O)NCCC(C)C)c1. The monoisotopic (exact) mass is 291 g/mol. The molecular weight excluding hydrogens is 262 g/mol. The summed E-state index contributed by atoms with van der Waals surface area (Å²) in [4.78, 5) is 12.1. The fourth-order valence-electron chi connectivity index (χ4n) is 2.09. The van der Waals surface area contributed by atoms with Gasteiger partial charge in [0.15, 0.2) is 6.10 Å². The summed E-state index contributed by atoms with van der Waals surface area (Å²) in [5, 5.41) is 2.93. The first-order chi connectivity index (χ1) is 9.81. The van der Waals surface area contributed by atoms with E-state index in [0.29, 0.717) is 18.4 Å². The highest BCUT2D eigenvalue weighted by Gasteiger charge is 2.17. The van der Waals surface area contributed by atoms with Crippen LogP contribution in [0.15, 0.2) is 18.2 Å². The topological polar surface area (TPSA) is 38.3 Å². The quantitative estimate of drug-likeness (QED) is 0.823. The highest BCUT2D eigenvalue weighted by Crippen LogP contribution is 2.28. The number of rotatable bonds is 7. The van der Waals surface area contributed by atoms with Crippen molar-refractivity contribution in [2.45, 2.75) is 60.0 Å². The molecule has 0 saturated heterocycles. The molecule has 0 aliphatic heterocycles. The van der Waals surface area contributed by atoms with E-state index in [2.05, 4.69) is 45.1 Å². The number of hydrogen-bond acceptors (Lipinski definition) is 2. The van der Waals surface area contributed by atoms with Crippen LogP contribution in [0.25, 0.3) is 0 Å². The molecule has 0 aliphatic carbocycles. The molecule has 0 radical (unpaired) electrons. The number of ether oxygens (including phenoxy) is 1. The maximum Gasteiger partial charge on any atom is 0.260 e. The zero-order valence-corrected chi connectivity index (χ0v) is 14.2. The summed E-state index contributed by atoms with van der Waals surface area (Å²) in [6, 6.07) is 6.17. The number of benzene rings is 1. The van der Waals surface area contributed by atoms with Crippen LogP contribution in [0, 0.1) is 12.8 Å². The maximum absolute atomic E-state index is 12.1. The molecule has 0 spiro atoms. The van der Waals surface area contributed by atoms with Crippen molar-refractivity contribution >= 4 is 5.91 Å². The van der Waals surface area contributed by atoms with Crippen molar-refractivity contribution in [3.05, 3.63) is 29.3 Å². The Labute approximate surface area is 129 Å². The lowest BCUT2D eigenvalue weighted by atomic mass is 10.0. The van der Waals surface area contributed by atoms with Crippen molar-refractivity contribution in [2.75, 3.05) is 6.54 Å². The molecule has 3 heteroatoms. The smallest absolute Gasteiger partial charge is 0.260 e. The number of nitrogens with one attached hydrogen (secondary N) is 1. The molecule has 1 amide bonds. The van der Waals surface area contributed by atoms with E-state index in [0.717, 1.165) is 23.3 Å². The van der Waals surface area contributed by atoms with Gasteiger partial charge in [-0.2, -0.15) is 0 Å². The van der Waals surface area contributed by atoms with E-state index in [1.807, 2.05) is 13.0 Å². The average molecular weight is 291 g/mol. The summed E-state index contributed by atoms with van der Waals surface area (Å²) in [7, 11) is 0. The second-order valence-corrected chi connectivity index (χ2v) is 6.43. The fraction of sp³-hybridized carbons (Fsp3) is 0.611. The summed E-state index contributed by atoms with van der Waals surface area (Å²) in [5.74, 6) is 1.73. The van der Waals surface area contributed by atoms with Gasteiger partial charge in [0.2, 0.25) is 0 Å². The number of carbonyl (C=O) groups is 1. The summed E-state index contributed by atoms with van der Waals surface area (Å²) in [6.07, 6.45) is 0.511. The first kappa shape index (κ1) is 17.5. The van der Waals surface area contributed by atoms with Crippen molar-refractivity contribution in [3.8, 4) is 5.75 Å². The van der Waals surface area contributed by atoms with Gasteiger partial charge in [-0.3, -0.25) is 4.79 Å². The van der Waals surface area contributed by atoms with Crippen LogP contribution in [-0.2, 0) is 4.79 Å². The molecule has 1 N–H and O–H groups in total. The van der Waals surface area contributed by atoms with E-state index in [1.54, 1.807) is 6.92 Å². The molecule has 0 bridgehead atoms. The summed E-state index contributed by atoms with van der Waals surface area (Å²) in [6.45, 7) is 13.1. The molecule has 1 aromatic carbocycles. The predicted molar refractivity (Wildman–Crippen MR) is 87.8 cm³/mol. The van der Waals surface area contributed by atoms with Crippen molar-refractivity contribution in [3.63, 3.8) is 0 Å². The van der Waals surface area contributed by atoms with Crippen molar-refractivity contribution in [1.29, 1.82) is 0 Å². The van der Waals surface area contributed by atoms with Gasteiger partial charge in [-0.15, -0.1) is 0 Å². The first-order valence-corrected chi connectivity index (χ1v) is 7.86. The normalized spacial score (nSPS) is 12.6. The van der Waals surface area contributed by atoms with Crippen molar-refractivity contribution < 1.29 is 9.53 Å². The molecular formula is C18H29NO2. The van der Waals surface area contributed by atoms with Gasteiger partial charge < -0.3 is 10.1 Å². The molecule has 3 nitrogen and oxygen atoms in total. The Morgan fingerprint density at radius 1 is 1.19 bits per heavy atom. The molecule has 0 aliphatic rings. The van der Waals surface area contributed by atoms with E-state index < -0.39 is 6.10 Å². The lowest BCUT2D eigenvalue weighted by Crippen LogP contribution is -2.37. The maximum atomic E-state index is 12.1. The Hall–Kier alpha value is -1.51. The molecule has 1 atom stereocenters. The van der Waals surface area contributed by atoms with Crippen LogP contribution in [0.5, 0.6) is 5.75 Å². The number of hydrogen-bond donors (Lipinski definition) is 1. The van der Waals surface area contributed by atoms with Crippen LogP contribution in [-0.4, -0.2) is 18.6 Å². The largest absolute Gasteiger partial charge is 0.481 e. The minimum absolute atomic E-state index is 0.0492. The van der Waals surface area contributed by atoms with Crippen LogP contribution in [0.3, 0.4) is 0 Å². The summed E-state index contributed by atoms with van der Waals surface area (Å²) >= 11 is 0. The standard InChI is InChI=1S/C18H29NO2/c1-12(2)9-10-19-18(20)15(6)21-17-11-14(5)7-8-16(17)13(3)4/h7-8,11-13,15H,9-10H2,1-6H3,(H,19,20)/t15-/m1/s1. The first-order valence-electron chi connectivity index (χ1n) is 7.86. The van der Waals surface area contributed by atoms with Crippen LogP contribution in [0.1, 0.15) is 58.1 Å². The third-order valence-corrected chi connectivity index (χ3v) is 3.48. The van der Waals surface area contributed by atoms with E-state index in [1.165, 1.54) is 0 Å². The van der Waals surface area contributed by atoms with Crippen LogP contribution in [0.4, 0.5) is 0 Å². The Bertz CT molecular complexity index is 466. The van der Waals surface area contributed by atoms with Gasteiger partial charge in [0, 0.05) is 6.54 Å². The lowest BCUT2D eigenvalue weighted by molar-refractivity contribution is -0.127. The number of carbonyl (C=O) groups excluding carboxylic acids is 1. The summed E-state index contributed by atoms with van der Waals surface area (Å²) in [5.41, 5.74) is 2.28. The molecule has 0 heterocycles. The average Bonchev–Trinajstić information content (AvgIpc) is 2.37. The molecule has 0 unspecified atom stereocenters. The molecule has 118 valence electrons. The number of amides is 1. The minimum Gasteiger partial charge on any atom is -0.481 e. The third-order valence-electron chi connectivity index (χ3n) is 3.48. The third kappa shape index (κ3) is 5.78. The van der Waals surface area contributed by atoms with E-state index in [9.17, 15) is 4.79 Å². The van der Waals surface area contributed by atoms with E-state index >= 15 is 0 Å². The molecule has 0 saturated carbocycles. The Balaban J connectivity index is 2.67. The summed E-state index contributed by atoms with van der Waals surface area (Å²) < 4.78 is 5.89. The second kappa shape index (κ2) is 8.06. The van der Waals surface area contributed by atoms with E-state index in [-0.39, 0.29) is 5.91 Å². The van der Waals surface area contributed by atoms with Crippen molar-refractivity contribution in [1.82, 2.24) is 5.32 Å². The lowest BCUT2D eigenvalue weighted by Gasteiger charge is -2.19. The second-order valence-electron chi connectivity index (χ2n) is 6.43. The van der Waals surface area contributed by atoms with Gasteiger partial charge in [-0.1, -0.05) is 39.8 Å². The molecule has 0 fully saturated rings. The molecule has 21 heavy (non-hydrogen) atoms. The van der Waals surface area contributed by atoms with Gasteiger partial charge in [0.05, 0.1) is 0 Å². The van der Waals surface area contributed by atoms with Gasteiger partial charge in [0.25, 0.3) is 5.91 Å². The van der Waals surface area contributed by atoms with Crippen LogP contribution >= 0.6 is 0 Å². The molecule has 1 aromatic rings. The fourth-order valence-corrected chi connectivity index (χ4v) is 2.09. The number of aryl methyl sites for hydroxylation is 1. The Morgan fingerprint density at radius 3 is 2.43 bits per heavy atom. The molecule has 0 aromatic heterocycles. The highest BCUT2D eigenvalue weighted by atomic mass is 16.5. The Morgan fingerprint density at radius 2 is 1.86 bits per heavy atom.